The molecule has 0 aliphatic rings. The predicted octanol–water partition coefficient (Wildman–Crippen LogP) is 2.44. The summed E-state index contributed by atoms with van der Waals surface area (Å²) in [5, 5.41) is 11.9. The summed E-state index contributed by atoms with van der Waals surface area (Å²) in [5.41, 5.74) is 3.37. The number of methoxy groups -OCH3 is 1. The molecule has 4 heteroatoms. The van der Waals surface area contributed by atoms with Gasteiger partial charge in [-0.2, -0.15) is 0 Å². The van der Waals surface area contributed by atoms with E-state index in [-0.39, 0.29) is 12.5 Å². The van der Waals surface area contributed by atoms with Gasteiger partial charge >= 0.3 is 5.97 Å². The molecule has 1 atom stereocenters. The standard InChI is InChI=1S/C14H21NO3/c1-9-7-11(13(18-4)8-10(9)2)12(15-3)5-6-14(16)17/h7-8,12,15H,5-6H2,1-4H3,(H,16,17). The zero-order valence-corrected chi connectivity index (χ0v) is 11.4. The molecule has 0 aliphatic carbocycles. The number of benzene rings is 1. The van der Waals surface area contributed by atoms with Crippen LogP contribution in [-0.2, 0) is 4.79 Å². The SMILES string of the molecule is CNC(CCC(=O)O)c1cc(C)c(C)cc1OC. The molecule has 0 saturated carbocycles. The highest BCUT2D eigenvalue weighted by atomic mass is 16.5. The fourth-order valence-electron chi connectivity index (χ4n) is 1.98. The molecule has 2 N–H and O–H groups in total. The molecule has 4 nitrogen and oxygen atoms in total. The van der Waals surface area contributed by atoms with Gasteiger partial charge in [0.05, 0.1) is 7.11 Å². The molecular formula is C14H21NO3. The highest BCUT2D eigenvalue weighted by molar-refractivity contribution is 5.66. The molecule has 0 radical (unpaired) electrons. The van der Waals surface area contributed by atoms with Gasteiger partial charge in [-0.3, -0.25) is 4.79 Å². The largest absolute Gasteiger partial charge is 0.496 e. The van der Waals surface area contributed by atoms with Gasteiger partial charge in [0, 0.05) is 18.0 Å². The number of ether oxygens (including phenoxy) is 1. The van der Waals surface area contributed by atoms with Crippen molar-refractivity contribution in [1.29, 1.82) is 0 Å². The van der Waals surface area contributed by atoms with Crippen LogP contribution in [0.2, 0.25) is 0 Å². The number of aliphatic carboxylic acids is 1. The van der Waals surface area contributed by atoms with Gasteiger partial charge in [0.25, 0.3) is 0 Å². The Labute approximate surface area is 108 Å². The molecule has 100 valence electrons. The minimum atomic E-state index is -0.780. The van der Waals surface area contributed by atoms with Gasteiger partial charge in [0.1, 0.15) is 5.75 Å². The van der Waals surface area contributed by atoms with E-state index in [9.17, 15) is 4.79 Å². The van der Waals surface area contributed by atoms with Crippen LogP contribution in [0.1, 0.15) is 35.6 Å². The second-order valence-electron chi connectivity index (χ2n) is 4.45. The second kappa shape index (κ2) is 6.40. The van der Waals surface area contributed by atoms with Crippen LogP contribution >= 0.6 is 0 Å². The smallest absolute Gasteiger partial charge is 0.303 e. The first-order chi connectivity index (χ1) is 8.49. The van der Waals surface area contributed by atoms with Crippen molar-refractivity contribution in [2.75, 3.05) is 14.2 Å². The van der Waals surface area contributed by atoms with Crippen molar-refractivity contribution >= 4 is 5.97 Å². The third-order valence-electron chi connectivity index (χ3n) is 3.22. The molecule has 0 aromatic heterocycles. The zero-order valence-electron chi connectivity index (χ0n) is 11.4. The molecule has 1 unspecified atom stereocenters. The van der Waals surface area contributed by atoms with Gasteiger partial charge in [0.15, 0.2) is 0 Å². The van der Waals surface area contributed by atoms with Crippen LogP contribution < -0.4 is 10.1 Å². The summed E-state index contributed by atoms with van der Waals surface area (Å²) < 4.78 is 5.38. The van der Waals surface area contributed by atoms with E-state index in [1.54, 1.807) is 7.11 Å². The fraction of sp³-hybridized carbons (Fsp3) is 0.500. The highest BCUT2D eigenvalue weighted by Gasteiger charge is 2.16. The predicted molar refractivity (Wildman–Crippen MR) is 71.1 cm³/mol. The molecule has 0 saturated heterocycles. The molecule has 0 fully saturated rings. The van der Waals surface area contributed by atoms with Crippen molar-refractivity contribution in [3.63, 3.8) is 0 Å². The number of rotatable bonds is 6. The molecule has 18 heavy (non-hydrogen) atoms. The monoisotopic (exact) mass is 251 g/mol. The molecule has 1 rings (SSSR count). The number of carboxylic acid groups (broad SMARTS) is 1. The Morgan fingerprint density at radius 2 is 2.00 bits per heavy atom. The number of carboxylic acids is 1. The van der Waals surface area contributed by atoms with E-state index >= 15 is 0 Å². The number of hydrogen-bond acceptors (Lipinski definition) is 3. The first-order valence-electron chi connectivity index (χ1n) is 6.03. The van der Waals surface area contributed by atoms with Gasteiger partial charge in [0.2, 0.25) is 0 Å². The van der Waals surface area contributed by atoms with Crippen molar-refractivity contribution in [1.82, 2.24) is 5.32 Å². The lowest BCUT2D eigenvalue weighted by Crippen LogP contribution is -2.18. The maximum absolute atomic E-state index is 10.7. The third-order valence-corrected chi connectivity index (χ3v) is 3.22. The Morgan fingerprint density at radius 1 is 1.39 bits per heavy atom. The number of hydrogen-bond donors (Lipinski definition) is 2. The number of nitrogens with one attached hydrogen (secondary N) is 1. The first-order valence-corrected chi connectivity index (χ1v) is 6.03. The van der Waals surface area contributed by atoms with E-state index in [4.69, 9.17) is 9.84 Å². The quantitative estimate of drug-likeness (QED) is 0.815. The summed E-state index contributed by atoms with van der Waals surface area (Å²) >= 11 is 0. The van der Waals surface area contributed by atoms with Crippen molar-refractivity contribution in [2.45, 2.75) is 32.7 Å². The Bertz CT molecular complexity index is 429. The summed E-state index contributed by atoms with van der Waals surface area (Å²) in [4.78, 5) is 10.7. The molecule has 1 aromatic rings. The van der Waals surface area contributed by atoms with Gasteiger partial charge in [-0.1, -0.05) is 6.07 Å². The van der Waals surface area contributed by atoms with Crippen LogP contribution in [0, 0.1) is 13.8 Å². The maximum atomic E-state index is 10.7. The molecular weight excluding hydrogens is 230 g/mol. The summed E-state index contributed by atoms with van der Waals surface area (Å²) in [6, 6.07) is 4.06. The van der Waals surface area contributed by atoms with Crippen LogP contribution in [0.15, 0.2) is 12.1 Å². The maximum Gasteiger partial charge on any atom is 0.303 e. The summed E-state index contributed by atoms with van der Waals surface area (Å²) in [5.74, 6) is 0.0286. The Balaban J connectivity index is 3.03. The fourth-order valence-corrected chi connectivity index (χ4v) is 1.98. The Hall–Kier alpha value is -1.55. The van der Waals surface area contributed by atoms with E-state index in [1.807, 2.05) is 27.0 Å². The average molecular weight is 251 g/mol. The van der Waals surface area contributed by atoms with Gasteiger partial charge < -0.3 is 15.2 Å². The summed E-state index contributed by atoms with van der Waals surface area (Å²) in [7, 11) is 3.47. The molecule has 0 spiro atoms. The van der Waals surface area contributed by atoms with Crippen LogP contribution in [0.3, 0.4) is 0 Å². The molecule has 0 aliphatic heterocycles. The molecule has 0 amide bonds. The van der Waals surface area contributed by atoms with Crippen molar-refractivity contribution in [2.24, 2.45) is 0 Å². The van der Waals surface area contributed by atoms with Gasteiger partial charge in [-0.05, 0) is 44.5 Å². The van der Waals surface area contributed by atoms with Crippen LogP contribution in [0.5, 0.6) is 5.75 Å². The van der Waals surface area contributed by atoms with Crippen LogP contribution in [0.25, 0.3) is 0 Å². The number of aryl methyl sites for hydroxylation is 2. The summed E-state index contributed by atoms with van der Waals surface area (Å²) in [6.07, 6.45) is 0.687. The average Bonchev–Trinajstić information content (AvgIpc) is 2.33. The van der Waals surface area contributed by atoms with E-state index in [1.165, 1.54) is 11.1 Å². The topological polar surface area (TPSA) is 58.6 Å². The van der Waals surface area contributed by atoms with E-state index in [0.717, 1.165) is 11.3 Å². The molecule has 0 heterocycles. The zero-order chi connectivity index (χ0) is 13.7. The summed E-state index contributed by atoms with van der Waals surface area (Å²) in [6.45, 7) is 4.08. The Morgan fingerprint density at radius 3 is 2.50 bits per heavy atom. The first kappa shape index (κ1) is 14.5. The number of carbonyl (C=O) groups is 1. The van der Waals surface area contributed by atoms with E-state index in [2.05, 4.69) is 11.4 Å². The van der Waals surface area contributed by atoms with Crippen LogP contribution in [0.4, 0.5) is 0 Å². The normalized spacial score (nSPS) is 12.2. The van der Waals surface area contributed by atoms with Crippen molar-refractivity contribution < 1.29 is 14.6 Å². The lowest BCUT2D eigenvalue weighted by atomic mass is 9.96. The van der Waals surface area contributed by atoms with E-state index in [0.29, 0.717) is 6.42 Å². The minimum absolute atomic E-state index is 0.00431. The Kier molecular flexibility index (Phi) is 5.16. The van der Waals surface area contributed by atoms with Crippen molar-refractivity contribution in [3.8, 4) is 5.75 Å². The third kappa shape index (κ3) is 3.47. The van der Waals surface area contributed by atoms with Gasteiger partial charge in [-0.15, -0.1) is 0 Å². The van der Waals surface area contributed by atoms with Gasteiger partial charge in [-0.25, -0.2) is 0 Å². The van der Waals surface area contributed by atoms with Crippen LogP contribution in [-0.4, -0.2) is 25.2 Å². The molecule has 1 aromatic carbocycles. The second-order valence-corrected chi connectivity index (χ2v) is 4.45. The lowest BCUT2D eigenvalue weighted by molar-refractivity contribution is -0.137. The van der Waals surface area contributed by atoms with Crippen molar-refractivity contribution in [3.05, 3.63) is 28.8 Å². The highest BCUT2D eigenvalue weighted by Crippen LogP contribution is 2.30. The molecule has 0 bridgehead atoms. The minimum Gasteiger partial charge on any atom is -0.496 e. The lowest BCUT2D eigenvalue weighted by Gasteiger charge is -2.20. The van der Waals surface area contributed by atoms with E-state index < -0.39 is 5.97 Å².